The SMILES string of the molecule is CCNC(=NCC1CCOc2ccccc21)N1CC(C)C(C(=O)OC)C1. The summed E-state index contributed by atoms with van der Waals surface area (Å²) in [7, 11) is 1.46. The fourth-order valence-electron chi connectivity index (χ4n) is 3.83. The second-order valence-electron chi connectivity index (χ2n) is 7.08. The molecule has 3 unspecified atom stereocenters. The minimum atomic E-state index is -0.130. The first kappa shape index (κ1) is 18.5. The highest BCUT2D eigenvalue weighted by molar-refractivity contribution is 5.82. The number of carbonyl (C=O) groups is 1. The van der Waals surface area contributed by atoms with Crippen LogP contribution in [0.25, 0.3) is 0 Å². The maximum Gasteiger partial charge on any atom is 0.310 e. The second-order valence-corrected chi connectivity index (χ2v) is 7.08. The van der Waals surface area contributed by atoms with Crippen molar-refractivity contribution in [2.24, 2.45) is 16.8 Å². The van der Waals surface area contributed by atoms with Crippen LogP contribution in [0.3, 0.4) is 0 Å². The Balaban J connectivity index is 1.72. The molecule has 2 heterocycles. The van der Waals surface area contributed by atoms with E-state index in [1.165, 1.54) is 12.7 Å². The molecule has 6 nitrogen and oxygen atoms in total. The number of hydrogen-bond donors (Lipinski definition) is 1. The van der Waals surface area contributed by atoms with E-state index in [4.69, 9.17) is 14.5 Å². The van der Waals surface area contributed by atoms with E-state index in [1.54, 1.807) is 0 Å². The van der Waals surface area contributed by atoms with Gasteiger partial charge in [-0.15, -0.1) is 0 Å². The Hall–Kier alpha value is -2.24. The van der Waals surface area contributed by atoms with Gasteiger partial charge in [0, 0.05) is 32.1 Å². The quantitative estimate of drug-likeness (QED) is 0.508. The Morgan fingerprint density at radius 2 is 2.19 bits per heavy atom. The van der Waals surface area contributed by atoms with Gasteiger partial charge in [-0.05, 0) is 30.9 Å². The number of benzene rings is 1. The number of fused-ring (bicyclic) bond motifs is 1. The normalized spacial score (nSPS) is 25.4. The Morgan fingerprint density at radius 1 is 1.38 bits per heavy atom. The van der Waals surface area contributed by atoms with Crippen molar-refractivity contribution in [2.75, 3.05) is 39.9 Å². The molecule has 2 aliphatic rings. The Kier molecular flexibility index (Phi) is 6.01. The lowest BCUT2D eigenvalue weighted by atomic mass is 9.93. The lowest BCUT2D eigenvalue weighted by Crippen LogP contribution is -2.41. The van der Waals surface area contributed by atoms with Gasteiger partial charge < -0.3 is 19.7 Å². The average molecular weight is 359 g/mol. The summed E-state index contributed by atoms with van der Waals surface area (Å²) < 4.78 is 10.7. The monoisotopic (exact) mass is 359 g/mol. The van der Waals surface area contributed by atoms with Crippen molar-refractivity contribution in [3.8, 4) is 5.75 Å². The number of nitrogens with one attached hydrogen (secondary N) is 1. The maximum atomic E-state index is 12.0. The summed E-state index contributed by atoms with van der Waals surface area (Å²) in [6.07, 6.45) is 0.973. The zero-order valence-corrected chi connectivity index (χ0v) is 15.9. The molecule has 2 aliphatic heterocycles. The first-order chi connectivity index (χ1) is 12.6. The standard InChI is InChI=1S/C20H29N3O3/c1-4-21-20(23-12-14(2)17(13-23)19(24)25-3)22-11-15-9-10-26-18-8-6-5-7-16(15)18/h5-8,14-15,17H,4,9-13H2,1-3H3,(H,21,22). The topological polar surface area (TPSA) is 63.2 Å². The summed E-state index contributed by atoms with van der Waals surface area (Å²) in [5.41, 5.74) is 1.24. The molecular weight excluding hydrogens is 330 g/mol. The number of hydrogen-bond acceptors (Lipinski definition) is 4. The number of likely N-dealkylation sites (tertiary alicyclic amines) is 1. The van der Waals surface area contributed by atoms with Crippen molar-refractivity contribution in [2.45, 2.75) is 26.2 Å². The minimum Gasteiger partial charge on any atom is -0.493 e. The van der Waals surface area contributed by atoms with Gasteiger partial charge in [-0.25, -0.2) is 0 Å². The predicted molar refractivity (Wildman–Crippen MR) is 102 cm³/mol. The van der Waals surface area contributed by atoms with E-state index >= 15 is 0 Å². The predicted octanol–water partition coefficient (Wildman–Crippen LogP) is 2.26. The fourth-order valence-corrected chi connectivity index (χ4v) is 3.83. The highest BCUT2D eigenvalue weighted by Gasteiger charge is 2.37. The van der Waals surface area contributed by atoms with Crippen LogP contribution in [-0.2, 0) is 9.53 Å². The van der Waals surface area contributed by atoms with Crippen LogP contribution in [0.5, 0.6) is 5.75 Å². The minimum absolute atomic E-state index is 0.0901. The van der Waals surface area contributed by atoms with Gasteiger partial charge in [0.2, 0.25) is 0 Å². The molecule has 0 aliphatic carbocycles. The number of aliphatic imine (C=N–C) groups is 1. The van der Waals surface area contributed by atoms with Crippen molar-refractivity contribution >= 4 is 11.9 Å². The fraction of sp³-hybridized carbons (Fsp3) is 0.600. The molecule has 1 fully saturated rings. The number of nitrogens with zero attached hydrogens (tertiary/aromatic N) is 2. The molecule has 0 bridgehead atoms. The summed E-state index contributed by atoms with van der Waals surface area (Å²) in [4.78, 5) is 19.0. The van der Waals surface area contributed by atoms with E-state index in [-0.39, 0.29) is 17.8 Å². The van der Waals surface area contributed by atoms with Gasteiger partial charge in [0.25, 0.3) is 0 Å². The average Bonchev–Trinajstić information content (AvgIpc) is 3.06. The molecule has 142 valence electrons. The molecule has 1 N–H and O–H groups in total. The van der Waals surface area contributed by atoms with Gasteiger partial charge in [-0.1, -0.05) is 25.1 Å². The van der Waals surface area contributed by atoms with E-state index in [1.807, 2.05) is 12.1 Å². The molecule has 3 rings (SSSR count). The van der Waals surface area contributed by atoms with Crippen molar-refractivity contribution in [1.29, 1.82) is 0 Å². The van der Waals surface area contributed by atoms with Crippen LogP contribution >= 0.6 is 0 Å². The number of rotatable bonds is 4. The van der Waals surface area contributed by atoms with Crippen LogP contribution in [-0.4, -0.2) is 56.7 Å². The van der Waals surface area contributed by atoms with Gasteiger partial charge in [0.15, 0.2) is 5.96 Å². The third-order valence-corrected chi connectivity index (χ3v) is 5.29. The van der Waals surface area contributed by atoms with Crippen LogP contribution in [0, 0.1) is 11.8 Å². The highest BCUT2D eigenvalue weighted by atomic mass is 16.5. The van der Waals surface area contributed by atoms with Crippen LogP contribution < -0.4 is 10.1 Å². The van der Waals surface area contributed by atoms with Gasteiger partial charge in [-0.3, -0.25) is 9.79 Å². The molecule has 1 saturated heterocycles. The third-order valence-electron chi connectivity index (χ3n) is 5.29. The van der Waals surface area contributed by atoms with Gasteiger partial charge in [-0.2, -0.15) is 0 Å². The molecule has 0 aromatic heterocycles. The van der Waals surface area contributed by atoms with Gasteiger partial charge in [0.05, 0.1) is 19.6 Å². The van der Waals surface area contributed by atoms with Crippen molar-refractivity contribution < 1.29 is 14.3 Å². The molecule has 26 heavy (non-hydrogen) atoms. The van der Waals surface area contributed by atoms with E-state index in [0.29, 0.717) is 12.5 Å². The molecular formula is C20H29N3O3. The van der Waals surface area contributed by atoms with Crippen molar-refractivity contribution in [1.82, 2.24) is 10.2 Å². The van der Waals surface area contributed by atoms with E-state index < -0.39 is 0 Å². The van der Waals surface area contributed by atoms with Crippen molar-refractivity contribution in [3.63, 3.8) is 0 Å². The summed E-state index contributed by atoms with van der Waals surface area (Å²) in [5, 5.41) is 3.38. The molecule has 3 atom stereocenters. The van der Waals surface area contributed by atoms with Crippen LogP contribution in [0.1, 0.15) is 31.7 Å². The Morgan fingerprint density at radius 3 is 2.96 bits per heavy atom. The maximum absolute atomic E-state index is 12.0. The van der Waals surface area contributed by atoms with Crippen LogP contribution in [0.15, 0.2) is 29.3 Å². The second kappa shape index (κ2) is 8.43. The number of esters is 1. The molecule has 6 heteroatoms. The Bertz CT molecular complexity index is 661. The third kappa shape index (κ3) is 3.94. The van der Waals surface area contributed by atoms with Gasteiger partial charge in [0.1, 0.15) is 5.75 Å². The van der Waals surface area contributed by atoms with E-state index in [9.17, 15) is 4.79 Å². The van der Waals surface area contributed by atoms with Crippen LogP contribution in [0.4, 0.5) is 0 Å². The zero-order valence-electron chi connectivity index (χ0n) is 15.9. The molecule has 1 aromatic rings. The number of carbonyl (C=O) groups excluding carboxylic acids is 1. The van der Waals surface area contributed by atoms with Crippen LogP contribution in [0.2, 0.25) is 0 Å². The lowest BCUT2D eigenvalue weighted by molar-refractivity contribution is -0.145. The first-order valence-electron chi connectivity index (χ1n) is 9.46. The number of methoxy groups -OCH3 is 1. The Labute approximate surface area is 155 Å². The number of para-hydroxylation sites is 1. The van der Waals surface area contributed by atoms with Crippen molar-refractivity contribution in [3.05, 3.63) is 29.8 Å². The summed E-state index contributed by atoms with van der Waals surface area (Å²) >= 11 is 0. The van der Waals surface area contributed by atoms with Gasteiger partial charge >= 0.3 is 5.97 Å². The number of ether oxygens (including phenoxy) is 2. The van der Waals surface area contributed by atoms with E-state index in [2.05, 4.69) is 36.2 Å². The summed E-state index contributed by atoms with van der Waals surface area (Å²) in [6, 6.07) is 8.22. The first-order valence-corrected chi connectivity index (χ1v) is 9.46. The summed E-state index contributed by atoms with van der Waals surface area (Å²) in [5.74, 6) is 2.27. The lowest BCUT2D eigenvalue weighted by Gasteiger charge is -2.26. The number of guanidine groups is 1. The molecule has 1 aromatic carbocycles. The smallest absolute Gasteiger partial charge is 0.310 e. The molecule has 0 saturated carbocycles. The highest BCUT2D eigenvalue weighted by Crippen LogP contribution is 2.33. The molecule has 0 spiro atoms. The molecule has 0 amide bonds. The van der Waals surface area contributed by atoms with E-state index in [0.717, 1.165) is 44.4 Å². The molecule has 0 radical (unpaired) electrons. The zero-order chi connectivity index (χ0) is 18.5. The summed E-state index contributed by atoms with van der Waals surface area (Å²) in [6.45, 7) is 7.89. The largest absolute Gasteiger partial charge is 0.493 e.